The summed E-state index contributed by atoms with van der Waals surface area (Å²) in [6.45, 7) is 1.65. The van der Waals surface area contributed by atoms with Crippen molar-refractivity contribution in [3.8, 4) is 17.2 Å². The summed E-state index contributed by atoms with van der Waals surface area (Å²) in [5.41, 5.74) is 2.37. The molecule has 0 radical (unpaired) electrons. The molecule has 25 heavy (non-hydrogen) atoms. The highest BCUT2D eigenvalue weighted by atomic mass is 16.7. The first-order chi connectivity index (χ1) is 12.3. The number of ether oxygens (including phenoxy) is 3. The van der Waals surface area contributed by atoms with Gasteiger partial charge < -0.3 is 24.8 Å². The minimum Gasteiger partial charge on any atom is -0.488 e. The normalized spacial score (nSPS) is 17.8. The summed E-state index contributed by atoms with van der Waals surface area (Å²) in [7, 11) is 1.76. The third-order valence-electron chi connectivity index (χ3n) is 4.33. The molecule has 1 unspecified atom stereocenters. The number of hydrogen-bond donors (Lipinski definition) is 2. The predicted octanol–water partition coefficient (Wildman–Crippen LogP) is 2.08. The van der Waals surface area contributed by atoms with E-state index in [-0.39, 0.29) is 6.10 Å². The molecule has 2 aromatic carbocycles. The van der Waals surface area contributed by atoms with Crippen molar-refractivity contribution in [1.82, 2.24) is 10.6 Å². The van der Waals surface area contributed by atoms with Crippen LogP contribution in [0.25, 0.3) is 0 Å². The monoisotopic (exact) mass is 339 g/mol. The second kappa shape index (κ2) is 6.93. The zero-order valence-electron chi connectivity index (χ0n) is 14.1. The molecule has 0 fully saturated rings. The molecular formula is C19H21N3O3. The lowest BCUT2D eigenvalue weighted by molar-refractivity contribution is 0.174. The largest absolute Gasteiger partial charge is 0.488 e. The standard InChI is InChI=1S/C19H21N3O3/c1-20-19(21-10-13-6-7-17-18(8-13)24-12-23-17)22-11-15-9-14-4-2-3-5-16(14)25-15/h2-8,15H,9-12H2,1H3,(H2,20,21,22). The summed E-state index contributed by atoms with van der Waals surface area (Å²) in [6, 6.07) is 14.1. The van der Waals surface area contributed by atoms with Crippen LogP contribution in [0.2, 0.25) is 0 Å². The smallest absolute Gasteiger partial charge is 0.231 e. The molecular weight excluding hydrogens is 318 g/mol. The van der Waals surface area contributed by atoms with Crippen LogP contribution in [0.3, 0.4) is 0 Å². The van der Waals surface area contributed by atoms with E-state index in [4.69, 9.17) is 14.2 Å². The molecule has 0 aromatic heterocycles. The van der Waals surface area contributed by atoms with Gasteiger partial charge in [-0.1, -0.05) is 24.3 Å². The third-order valence-corrected chi connectivity index (χ3v) is 4.33. The number of para-hydroxylation sites is 1. The Labute approximate surface area is 146 Å². The Kier molecular flexibility index (Phi) is 4.33. The number of aliphatic imine (C=N–C) groups is 1. The van der Waals surface area contributed by atoms with Crippen molar-refractivity contribution >= 4 is 5.96 Å². The molecule has 6 heteroatoms. The SMILES string of the molecule is CN=C(NCc1ccc2c(c1)OCO2)NCC1Cc2ccccc2O1. The topological polar surface area (TPSA) is 64.1 Å². The molecule has 0 amide bonds. The van der Waals surface area contributed by atoms with Crippen molar-refractivity contribution in [2.45, 2.75) is 19.1 Å². The van der Waals surface area contributed by atoms with Gasteiger partial charge in [0, 0.05) is 20.0 Å². The summed E-state index contributed by atoms with van der Waals surface area (Å²) in [5.74, 6) is 3.32. The van der Waals surface area contributed by atoms with Crippen LogP contribution < -0.4 is 24.8 Å². The fraction of sp³-hybridized carbons (Fsp3) is 0.316. The number of nitrogens with one attached hydrogen (secondary N) is 2. The third kappa shape index (κ3) is 3.47. The number of guanidine groups is 1. The van der Waals surface area contributed by atoms with Gasteiger partial charge in [0.05, 0.1) is 6.54 Å². The van der Waals surface area contributed by atoms with Crippen molar-refractivity contribution in [3.05, 3.63) is 53.6 Å². The quantitative estimate of drug-likeness (QED) is 0.660. The molecule has 130 valence electrons. The lowest BCUT2D eigenvalue weighted by Crippen LogP contribution is -2.41. The Hall–Kier alpha value is -2.89. The van der Waals surface area contributed by atoms with E-state index in [1.165, 1.54) is 5.56 Å². The van der Waals surface area contributed by atoms with Crippen molar-refractivity contribution < 1.29 is 14.2 Å². The number of benzene rings is 2. The maximum atomic E-state index is 5.94. The highest BCUT2D eigenvalue weighted by molar-refractivity contribution is 5.79. The average molecular weight is 339 g/mol. The molecule has 2 aliphatic rings. The maximum absolute atomic E-state index is 5.94. The van der Waals surface area contributed by atoms with Crippen LogP contribution in [0.4, 0.5) is 0 Å². The van der Waals surface area contributed by atoms with E-state index in [0.29, 0.717) is 19.9 Å². The van der Waals surface area contributed by atoms with Gasteiger partial charge in [0.15, 0.2) is 17.5 Å². The minimum atomic E-state index is 0.126. The van der Waals surface area contributed by atoms with Crippen molar-refractivity contribution in [2.24, 2.45) is 4.99 Å². The number of nitrogens with zero attached hydrogens (tertiary/aromatic N) is 1. The van der Waals surface area contributed by atoms with Crippen LogP contribution >= 0.6 is 0 Å². The molecule has 2 heterocycles. The lowest BCUT2D eigenvalue weighted by Gasteiger charge is -2.15. The zero-order valence-corrected chi connectivity index (χ0v) is 14.1. The summed E-state index contributed by atoms with van der Waals surface area (Å²) >= 11 is 0. The first-order valence-electron chi connectivity index (χ1n) is 8.39. The molecule has 1 atom stereocenters. The van der Waals surface area contributed by atoms with Gasteiger partial charge in [0.1, 0.15) is 11.9 Å². The highest BCUT2D eigenvalue weighted by Crippen LogP contribution is 2.32. The second-order valence-electron chi connectivity index (χ2n) is 6.05. The van der Waals surface area contributed by atoms with Gasteiger partial charge in [-0.05, 0) is 29.3 Å². The summed E-state index contributed by atoms with van der Waals surface area (Å²) in [4.78, 5) is 4.27. The van der Waals surface area contributed by atoms with Gasteiger partial charge in [-0.3, -0.25) is 4.99 Å². The van der Waals surface area contributed by atoms with E-state index in [1.807, 2.05) is 36.4 Å². The Morgan fingerprint density at radius 1 is 1.08 bits per heavy atom. The van der Waals surface area contributed by atoms with Gasteiger partial charge in [0.25, 0.3) is 0 Å². The van der Waals surface area contributed by atoms with Crippen LogP contribution in [0.5, 0.6) is 17.2 Å². The van der Waals surface area contributed by atoms with E-state index in [0.717, 1.165) is 35.2 Å². The Morgan fingerprint density at radius 3 is 2.84 bits per heavy atom. The minimum absolute atomic E-state index is 0.126. The number of fused-ring (bicyclic) bond motifs is 2. The van der Waals surface area contributed by atoms with Crippen LogP contribution in [0.1, 0.15) is 11.1 Å². The lowest BCUT2D eigenvalue weighted by atomic mass is 10.1. The molecule has 2 aromatic rings. The molecule has 0 bridgehead atoms. The van der Waals surface area contributed by atoms with E-state index in [1.54, 1.807) is 7.05 Å². The Morgan fingerprint density at radius 2 is 1.96 bits per heavy atom. The van der Waals surface area contributed by atoms with E-state index in [2.05, 4.69) is 21.7 Å². The molecule has 0 saturated carbocycles. The van der Waals surface area contributed by atoms with Crippen LogP contribution in [0, 0.1) is 0 Å². The summed E-state index contributed by atoms with van der Waals surface area (Å²) in [5, 5.41) is 6.64. The Balaban J connectivity index is 1.27. The van der Waals surface area contributed by atoms with Gasteiger partial charge in [-0.25, -0.2) is 0 Å². The van der Waals surface area contributed by atoms with Crippen molar-refractivity contribution in [2.75, 3.05) is 20.4 Å². The van der Waals surface area contributed by atoms with Crippen molar-refractivity contribution in [1.29, 1.82) is 0 Å². The fourth-order valence-corrected chi connectivity index (χ4v) is 3.04. The van der Waals surface area contributed by atoms with Crippen LogP contribution in [-0.2, 0) is 13.0 Å². The van der Waals surface area contributed by atoms with Crippen molar-refractivity contribution in [3.63, 3.8) is 0 Å². The summed E-state index contributed by atoms with van der Waals surface area (Å²) < 4.78 is 16.7. The van der Waals surface area contributed by atoms with Gasteiger partial charge >= 0.3 is 0 Å². The first kappa shape index (κ1) is 15.6. The number of hydrogen-bond acceptors (Lipinski definition) is 4. The van der Waals surface area contributed by atoms with E-state index in [9.17, 15) is 0 Å². The molecule has 0 saturated heterocycles. The van der Waals surface area contributed by atoms with Gasteiger partial charge in [0.2, 0.25) is 6.79 Å². The number of rotatable bonds is 4. The second-order valence-corrected chi connectivity index (χ2v) is 6.05. The molecule has 4 rings (SSSR count). The van der Waals surface area contributed by atoms with Crippen LogP contribution in [-0.4, -0.2) is 32.4 Å². The molecule has 0 aliphatic carbocycles. The average Bonchev–Trinajstić information content (AvgIpc) is 3.27. The molecule has 0 spiro atoms. The Bertz CT molecular complexity index is 766. The first-order valence-corrected chi connectivity index (χ1v) is 8.39. The predicted molar refractivity (Wildman–Crippen MR) is 95.3 cm³/mol. The highest BCUT2D eigenvalue weighted by Gasteiger charge is 2.22. The maximum Gasteiger partial charge on any atom is 0.231 e. The van der Waals surface area contributed by atoms with Gasteiger partial charge in [-0.15, -0.1) is 0 Å². The molecule has 6 nitrogen and oxygen atoms in total. The zero-order chi connectivity index (χ0) is 17.1. The van der Waals surface area contributed by atoms with E-state index >= 15 is 0 Å². The van der Waals surface area contributed by atoms with Gasteiger partial charge in [-0.2, -0.15) is 0 Å². The van der Waals surface area contributed by atoms with Crippen LogP contribution in [0.15, 0.2) is 47.5 Å². The summed E-state index contributed by atoms with van der Waals surface area (Å²) in [6.07, 6.45) is 1.05. The van der Waals surface area contributed by atoms with E-state index < -0.39 is 0 Å². The fourth-order valence-electron chi connectivity index (χ4n) is 3.04. The molecule has 2 aliphatic heterocycles. The molecule has 2 N–H and O–H groups in total.